The van der Waals surface area contributed by atoms with Crippen LogP contribution in [0.1, 0.15) is 0 Å². The van der Waals surface area contributed by atoms with Crippen LogP contribution in [0, 0.1) is 0 Å². The highest BCUT2D eigenvalue weighted by molar-refractivity contribution is 9.10. The van der Waals surface area contributed by atoms with Gasteiger partial charge >= 0.3 is 0 Å². The summed E-state index contributed by atoms with van der Waals surface area (Å²) in [4.78, 5) is 27.5. The number of halogens is 5. The van der Waals surface area contributed by atoms with Crippen molar-refractivity contribution in [3.05, 3.63) is 99.1 Å². The van der Waals surface area contributed by atoms with Gasteiger partial charge in [0, 0.05) is 46.6 Å². The Morgan fingerprint density at radius 2 is 1.05 bits per heavy atom. The third-order valence-corrected chi connectivity index (χ3v) is 9.89. The van der Waals surface area contributed by atoms with Gasteiger partial charge in [-0.15, -0.1) is 0 Å². The summed E-state index contributed by atoms with van der Waals surface area (Å²) < 4.78 is 1.33. The van der Waals surface area contributed by atoms with E-state index in [0.717, 1.165) is 52.9 Å². The first-order valence-electron chi connectivity index (χ1n) is 11.3. The van der Waals surface area contributed by atoms with Gasteiger partial charge in [0.15, 0.2) is 10.9 Å². The molecule has 0 saturated heterocycles. The Bertz CT molecular complexity index is 2450. The molecule has 0 aliphatic carbocycles. The van der Waals surface area contributed by atoms with Crippen molar-refractivity contribution in [2.45, 2.75) is 0 Å². The van der Waals surface area contributed by atoms with Crippen molar-refractivity contribution in [2.75, 3.05) is 0 Å². The molecule has 7 heteroatoms. The molecule has 0 aliphatic rings. The highest BCUT2D eigenvalue weighted by Gasteiger charge is 2.24. The quantitative estimate of drug-likeness (QED) is 0.0917. The topological polar surface area (TPSA) is 34.1 Å². The molecular weight excluding hydrogens is 658 g/mol. The Hall–Kier alpha value is -2.47. The molecule has 37 heavy (non-hydrogen) atoms. The second-order valence-electron chi connectivity index (χ2n) is 9.39. The molecule has 0 atom stereocenters. The van der Waals surface area contributed by atoms with Gasteiger partial charge in [0.25, 0.3) is 0 Å². The lowest BCUT2D eigenvalue weighted by atomic mass is 9.84. The molecule has 0 amide bonds. The normalized spacial score (nSPS) is 12.7. The molecular formula is C30H9Br2Cl3O2. The SMILES string of the molecule is O=c1c2cc(Br)cc(Cl)c2c2cc3ccc4c(=O)c5c(Cl)c(Br)cc(Cl)c5c5cc6ccc1c2c6c3c45. The number of rotatable bonds is 0. The fourth-order valence-corrected chi connectivity index (χ4v) is 8.19. The van der Waals surface area contributed by atoms with Crippen molar-refractivity contribution < 1.29 is 0 Å². The van der Waals surface area contributed by atoms with Gasteiger partial charge in [-0.05, 0) is 90.7 Å². The zero-order valence-corrected chi connectivity index (χ0v) is 23.8. The summed E-state index contributed by atoms with van der Waals surface area (Å²) in [5.74, 6) is 0. The van der Waals surface area contributed by atoms with Gasteiger partial charge < -0.3 is 0 Å². The monoisotopic (exact) mass is 664 g/mol. The van der Waals surface area contributed by atoms with Gasteiger partial charge in [-0.3, -0.25) is 9.59 Å². The van der Waals surface area contributed by atoms with Crippen molar-refractivity contribution in [1.29, 1.82) is 0 Å². The van der Waals surface area contributed by atoms with Gasteiger partial charge in [-0.1, -0.05) is 62.9 Å². The van der Waals surface area contributed by atoms with E-state index >= 15 is 0 Å². The highest BCUT2D eigenvalue weighted by atomic mass is 79.9. The maximum absolute atomic E-state index is 13.8. The lowest BCUT2D eigenvalue weighted by Gasteiger charge is -2.19. The molecule has 0 N–H and O–H groups in total. The molecule has 0 aliphatic heterocycles. The molecule has 0 heterocycles. The molecule has 0 bridgehead atoms. The van der Waals surface area contributed by atoms with Crippen LogP contribution in [0.3, 0.4) is 0 Å². The lowest BCUT2D eigenvalue weighted by molar-refractivity contribution is 1.69. The Labute approximate surface area is 239 Å². The van der Waals surface area contributed by atoms with Crippen molar-refractivity contribution in [2.24, 2.45) is 0 Å². The number of hydrogen-bond acceptors (Lipinski definition) is 2. The molecule has 8 aromatic carbocycles. The van der Waals surface area contributed by atoms with E-state index < -0.39 is 0 Å². The largest absolute Gasteiger partial charge is 0.289 e. The number of hydrogen-bond donors (Lipinski definition) is 0. The van der Waals surface area contributed by atoms with Gasteiger partial charge in [0.1, 0.15) is 0 Å². The summed E-state index contributed by atoms with van der Waals surface area (Å²) in [5, 5.41) is 12.1. The molecule has 0 saturated carbocycles. The van der Waals surface area contributed by atoms with E-state index in [1.54, 1.807) is 6.07 Å². The summed E-state index contributed by atoms with van der Waals surface area (Å²) in [7, 11) is 0. The zero-order chi connectivity index (χ0) is 25.5. The summed E-state index contributed by atoms with van der Waals surface area (Å²) in [5.41, 5.74) is -0.243. The van der Waals surface area contributed by atoms with Gasteiger partial charge in [0.05, 0.1) is 20.5 Å². The van der Waals surface area contributed by atoms with E-state index in [1.807, 2.05) is 36.4 Å². The summed E-state index contributed by atoms with van der Waals surface area (Å²) in [6, 6.07) is 17.2. The van der Waals surface area contributed by atoms with Crippen LogP contribution in [0.4, 0.5) is 0 Å². The van der Waals surface area contributed by atoms with Gasteiger partial charge in [-0.25, -0.2) is 0 Å². The van der Waals surface area contributed by atoms with E-state index in [9.17, 15) is 9.59 Å². The average Bonchev–Trinajstić information content (AvgIpc) is 2.86. The predicted molar refractivity (Wildman–Crippen MR) is 166 cm³/mol. The minimum atomic E-state index is -0.171. The maximum atomic E-state index is 13.8. The van der Waals surface area contributed by atoms with Crippen molar-refractivity contribution in [3.63, 3.8) is 0 Å². The van der Waals surface area contributed by atoms with E-state index in [-0.39, 0.29) is 10.9 Å². The van der Waals surface area contributed by atoms with Crippen LogP contribution in [-0.4, -0.2) is 0 Å². The molecule has 0 aromatic heterocycles. The number of benzene rings is 8. The van der Waals surface area contributed by atoms with Crippen LogP contribution in [0.5, 0.6) is 0 Å². The second kappa shape index (κ2) is 7.34. The minimum absolute atomic E-state index is 0.0720. The Balaban J connectivity index is 1.77. The summed E-state index contributed by atoms with van der Waals surface area (Å²) in [6.07, 6.45) is 0. The van der Waals surface area contributed by atoms with Crippen LogP contribution in [-0.2, 0) is 0 Å². The summed E-state index contributed by atoms with van der Waals surface area (Å²) in [6.45, 7) is 0. The minimum Gasteiger partial charge on any atom is -0.289 e. The van der Waals surface area contributed by atoms with E-state index in [2.05, 4.69) is 44.0 Å². The second-order valence-corrected chi connectivity index (χ2v) is 12.4. The van der Waals surface area contributed by atoms with Crippen LogP contribution >= 0.6 is 66.7 Å². The van der Waals surface area contributed by atoms with E-state index in [1.165, 1.54) is 0 Å². The first-order chi connectivity index (χ1) is 17.8. The molecule has 0 spiro atoms. The van der Waals surface area contributed by atoms with Crippen molar-refractivity contribution in [1.82, 2.24) is 0 Å². The van der Waals surface area contributed by atoms with Crippen molar-refractivity contribution in [3.8, 4) is 0 Å². The standard InChI is InChI=1S/C30H9Br2Cl3O2/c31-12-7-17-23(19(33)8-12)15-5-10-2-4-14-25-16(26-20(34)9-18(32)28(35)27(26)30(14)37)6-11-1-3-13(29(17)36)24(15)21(11)22(10)25/h1-9H. The zero-order valence-electron chi connectivity index (χ0n) is 18.4. The fourth-order valence-electron chi connectivity index (χ4n) is 6.18. The Morgan fingerprint density at radius 1 is 0.486 bits per heavy atom. The third-order valence-electron chi connectivity index (χ3n) is 7.59. The highest BCUT2D eigenvalue weighted by Crippen LogP contribution is 2.48. The van der Waals surface area contributed by atoms with Crippen LogP contribution in [0.25, 0.3) is 75.4 Å². The van der Waals surface area contributed by atoms with Crippen LogP contribution in [0.15, 0.2) is 73.1 Å². The average molecular weight is 668 g/mol. The van der Waals surface area contributed by atoms with Gasteiger partial charge in [-0.2, -0.15) is 0 Å². The number of fused-ring (bicyclic) bond motifs is 4. The van der Waals surface area contributed by atoms with Crippen LogP contribution < -0.4 is 10.9 Å². The molecule has 0 radical (unpaired) electrons. The Morgan fingerprint density at radius 3 is 1.70 bits per heavy atom. The molecule has 8 rings (SSSR count). The lowest BCUT2D eigenvalue weighted by Crippen LogP contribution is -2.07. The fraction of sp³-hybridized carbons (Fsp3) is 0. The smallest absolute Gasteiger partial charge is 0.195 e. The van der Waals surface area contributed by atoms with E-state index in [0.29, 0.717) is 46.5 Å². The van der Waals surface area contributed by atoms with E-state index in [4.69, 9.17) is 34.8 Å². The van der Waals surface area contributed by atoms with Crippen LogP contribution in [0.2, 0.25) is 15.1 Å². The first-order valence-corrected chi connectivity index (χ1v) is 14.0. The predicted octanol–water partition coefficient (Wildman–Crippen LogP) is 10.3. The molecule has 0 unspecified atom stereocenters. The van der Waals surface area contributed by atoms with Gasteiger partial charge in [0.2, 0.25) is 0 Å². The Kier molecular flexibility index (Phi) is 4.46. The maximum Gasteiger partial charge on any atom is 0.195 e. The summed E-state index contributed by atoms with van der Waals surface area (Å²) >= 11 is 27.0. The first kappa shape index (κ1) is 22.5. The van der Waals surface area contributed by atoms with Crippen molar-refractivity contribution >= 4 is 142 Å². The molecule has 2 nitrogen and oxygen atoms in total. The molecule has 176 valence electrons. The third kappa shape index (κ3) is 2.68. The molecule has 0 fully saturated rings. The molecule has 8 aromatic rings.